The van der Waals surface area contributed by atoms with Crippen molar-refractivity contribution in [3.63, 3.8) is 0 Å². The van der Waals surface area contributed by atoms with E-state index in [9.17, 15) is 9.90 Å². The topological polar surface area (TPSA) is 71.5 Å². The molecular weight excluding hydrogens is 336 g/mol. The molecule has 3 rings (SSSR count). The number of thiazole rings is 1. The maximum absolute atomic E-state index is 11.5. The zero-order chi connectivity index (χ0) is 18.4. The van der Waals surface area contributed by atoms with Gasteiger partial charge in [-0.25, -0.2) is 9.78 Å². The molecule has 0 saturated carbocycles. The van der Waals surface area contributed by atoms with Crippen LogP contribution in [-0.4, -0.2) is 29.3 Å². The van der Waals surface area contributed by atoms with Crippen molar-refractivity contribution in [2.24, 2.45) is 0 Å². The lowest BCUT2D eigenvalue weighted by atomic mass is 9.67. The van der Waals surface area contributed by atoms with Crippen LogP contribution in [-0.2, 0) is 15.6 Å². The Morgan fingerprint density at radius 3 is 2.52 bits per heavy atom. The van der Waals surface area contributed by atoms with Crippen LogP contribution in [0.3, 0.4) is 0 Å². The number of benzene rings is 1. The molecule has 0 aliphatic heterocycles. The number of carbonyl (C=O) groups excluding carboxylic acids is 1. The first-order valence-corrected chi connectivity index (χ1v) is 9.12. The number of hydrogen-bond acceptors (Lipinski definition) is 6. The number of hydrogen-bond donors (Lipinski definition) is 2. The number of aliphatic hydroxyl groups is 1. The zero-order valence-electron chi connectivity index (χ0n) is 15.2. The molecule has 6 heteroatoms. The molecule has 2 N–H and O–H groups in total. The van der Waals surface area contributed by atoms with Crippen LogP contribution in [0.15, 0.2) is 24.3 Å². The Morgan fingerprint density at radius 1 is 1.28 bits per heavy atom. The Hall–Kier alpha value is -1.92. The number of ether oxygens (including phenoxy) is 1. The van der Waals surface area contributed by atoms with Crippen LogP contribution in [0.5, 0.6) is 0 Å². The van der Waals surface area contributed by atoms with Crippen molar-refractivity contribution in [2.45, 2.75) is 51.0 Å². The molecular formula is C19H24N2O3S. The molecule has 0 amide bonds. The van der Waals surface area contributed by atoms with Crippen LogP contribution in [0.1, 0.15) is 55.0 Å². The highest BCUT2D eigenvalue weighted by atomic mass is 32.1. The third-order valence-corrected chi connectivity index (χ3v) is 6.28. The average Bonchev–Trinajstić information content (AvgIpc) is 2.99. The number of methoxy groups -OCH3 is 1. The van der Waals surface area contributed by atoms with Gasteiger partial charge in [0.15, 0.2) is 5.13 Å². The number of aromatic nitrogens is 1. The number of nitrogens with zero attached hydrogens (tertiary/aromatic N) is 1. The second-order valence-corrected chi connectivity index (χ2v) is 8.72. The summed E-state index contributed by atoms with van der Waals surface area (Å²) in [5, 5.41) is 14.6. The smallest absolute Gasteiger partial charge is 0.337 e. The second kappa shape index (κ2) is 6.11. The Labute approximate surface area is 152 Å². The molecule has 25 heavy (non-hydrogen) atoms. The fourth-order valence-corrected chi connectivity index (χ4v) is 4.45. The summed E-state index contributed by atoms with van der Waals surface area (Å²) in [7, 11) is 1.37. The highest BCUT2D eigenvalue weighted by Gasteiger charge is 2.46. The summed E-state index contributed by atoms with van der Waals surface area (Å²) >= 11 is 1.63. The molecule has 0 bridgehead atoms. The van der Waals surface area contributed by atoms with Gasteiger partial charge >= 0.3 is 5.97 Å². The molecule has 0 saturated heterocycles. The molecule has 0 spiro atoms. The summed E-state index contributed by atoms with van der Waals surface area (Å²) in [4.78, 5) is 17.5. The van der Waals surface area contributed by atoms with Crippen molar-refractivity contribution in [2.75, 3.05) is 12.4 Å². The van der Waals surface area contributed by atoms with E-state index in [2.05, 4.69) is 19.2 Å². The number of nitrogens with one attached hydrogen (secondary N) is 1. The van der Waals surface area contributed by atoms with E-state index in [1.165, 1.54) is 12.0 Å². The molecule has 1 atom stereocenters. The third-order valence-electron chi connectivity index (χ3n) is 4.95. The predicted octanol–water partition coefficient (Wildman–Crippen LogP) is 3.99. The van der Waals surface area contributed by atoms with Crippen molar-refractivity contribution in [3.8, 4) is 0 Å². The molecule has 1 aliphatic carbocycles. The molecule has 0 radical (unpaired) electrons. The third kappa shape index (κ3) is 3.16. The Balaban J connectivity index is 1.89. The number of esters is 1. The number of carbonyl (C=O) groups is 1. The van der Waals surface area contributed by atoms with Gasteiger partial charge in [-0.15, -0.1) is 11.3 Å². The van der Waals surface area contributed by atoms with E-state index in [1.54, 1.807) is 23.5 Å². The van der Waals surface area contributed by atoms with Gasteiger partial charge in [-0.2, -0.15) is 0 Å². The van der Waals surface area contributed by atoms with Crippen LogP contribution in [0, 0.1) is 0 Å². The first-order chi connectivity index (χ1) is 11.6. The van der Waals surface area contributed by atoms with Crippen molar-refractivity contribution in [3.05, 3.63) is 40.4 Å². The largest absolute Gasteiger partial charge is 0.465 e. The van der Waals surface area contributed by atoms with Gasteiger partial charge in [0, 0.05) is 21.4 Å². The van der Waals surface area contributed by atoms with Crippen LogP contribution in [0.25, 0.3) is 0 Å². The zero-order valence-corrected chi connectivity index (χ0v) is 16.0. The minimum Gasteiger partial charge on any atom is -0.465 e. The average molecular weight is 360 g/mol. The van der Waals surface area contributed by atoms with Crippen LogP contribution < -0.4 is 5.32 Å². The molecule has 1 heterocycles. The molecule has 1 aromatic carbocycles. The Bertz CT molecular complexity index is 794. The lowest BCUT2D eigenvalue weighted by Gasteiger charge is -2.41. The van der Waals surface area contributed by atoms with E-state index < -0.39 is 6.10 Å². The molecule has 2 aromatic rings. The van der Waals surface area contributed by atoms with E-state index in [-0.39, 0.29) is 16.8 Å². The van der Waals surface area contributed by atoms with Crippen LogP contribution in [0.2, 0.25) is 0 Å². The first kappa shape index (κ1) is 17.9. The van der Waals surface area contributed by atoms with Crippen molar-refractivity contribution < 1.29 is 14.6 Å². The normalized spacial score (nSPS) is 20.6. The Kier molecular flexibility index (Phi) is 4.37. The van der Waals surface area contributed by atoms with Gasteiger partial charge < -0.3 is 15.2 Å². The summed E-state index contributed by atoms with van der Waals surface area (Å²) in [5.41, 5.74) is 1.87. The van der Waals surface area contributed by atoms with Gasteiger partial charge in [-0.05, 0) is 30.7 Å². The molecule has 134 valence electrons. The number of aliphatic hydroxyl groups excluding tert-OH is 1. The van der Waals surface area contributed by atoms with E-state index in [0.717, 1.165) is 22.9 Å². The lowest BCUT2D eigenvalue weighted by molar-refractivity contribution is 0.0574. The van der Waals surface area contributed by atoms with Gasteiger partial charge in [0.05, 0.1) is 24.5 Å². The molecule has 1 aliphatic rings. The summed E-state index contributed by atoms with van der Waals surface area (Å²) in [6, 6.07) is 7.11. The summed E-state index contributed by atoms with van der Waals surface area (Å²) < 4.78 is 4.71. The number of fused-ring (bicyclic) bond motifs is 1. The van der Waals surface area contributed by atoms with Gasteiger partial charge in [0.2, 0.25) is 0 Å². The first-order valence-electron chi connectivity index (χ1n) is 8.30. The fraction of sp³-hybridized carbons (Fsp3) is 0.474. The SMILES string of the molecule is COC(=O)c1ccc(Nc2nc3c(s2)C(C)(C)CC(O)C3(C)C)cc1. The molecule has 5 nitrogen and oxygen atoms in total. The quantitative estimate of drug-likeness (QED) is 0.810. The maximum Gasteiger partial charge on any atom is 0.337 e. The minimum atomic E-state index is -0.413. The summed E-state index contributed by atoms with van der Waals surface area (Å²) in [5.74, 6) is -0.353. The molecule has 0 fully saturated rings. The summed E-state index contributed by atoms with van der Waals surface area (Å²) in [6.07, 6.45) is 0.312. The molecule has 1 aromatic heterocycles. The van der Waals surface area contributed by atoms with E-state index >= 15 is 0 Å². The maximum atomic E-state index is 11.5. The van der Waals surface area contributed by atoms with Gasteiger partial charge in [0.1, 0.15) is 0 Å². The van der Waals surface area contributed by atoms with Crippen LogP contribution in [0.4, 0.5) is 10.8 Å². The minimum absolute atomic E-state index is 0.101. The molecule has 1 unspecified atom stereocenters. The van der Waals surface area contributed by atoms with Crippen LogP contribution >= 0.6 is 11.3 Å². The van der Waals surface area contributed by atoms with E-state index in [0.29, 0.717) is 5.56 Å². The van der Waals surface area contributed by atoms with E-state index in [1.807, 2.05) is 26.0 Å². The number of rotatable bonds is 3. The standard InChI is InChI=1S/C19H24N2O3S/c1-18(2)10-13(22)19(3,4)14-15(18)25-17(21-14)20-12-8-6-11(7-9-12)16(23)24-5/h6-9,13,22H,10H2,1-5H3,(H,20,21). The van der Waals surface area contributed by atoms with Gasteiger partial charge in [-0.1, -0.05) is 27.7 Å². The second-order valence-electron chi connectivity index (χ2n) is 7.72. The van der Waals surface area contributed by atoms with Gasteiger partial charge in [-0.3, -0.25) is 0 Å². The Morgan fingerprint density at radius 2 is 1.92 bits per heavy atom. The van der Waals surface area contributed by atoms with Crippen molar-refractivity contribution >= 4 is 28.1 Å². The fourth-order valence-electron chi connectivity index (χ4n) is 3.19. The van der Waals surface area contributed by atoms with Crippen molar-refractivity contribution in [1.29, 1.82) is 0 Å². The monoisotopic (exact) mass is 360 g/mol. The number of anilines is 2. The summed E-state index contributed by atoms with van der Waals surface area (Å²) in [6.45, 7) is 8.38. The highest BCUT2D eigenvalue weighted by Crippen LogP contribution is 2.49. The van der Waals surface area contributed by atoms with Gasteiger partial charge in [0.25, 0.3) is 0 Å². The van der Waals surface area contributed by atoms with E-state index in [4.69, 9.17) is 9.72 Å². The highest BCUT2D eigenvalue weighted by molar-refractivity contribution is 7.16. The predicted molar refractivity (Wildman–Crippen MR) is 99.9 cm³/mol. The lowest BCUT2D eigenvalue weighted by Crippen LogP contribution is -2.44. The van der Waals surface area contributed by atoms with Crippen molar-refractivity contribution in [1.82, 2.24) is 4.98 Å².